The van der Waals surface area contributed by atoms with Crippen LogP contribution in [0.1, 0.15) is 75.8 Å². The number of quaternary nitrogens is 1. The van der Waals surface area contributed by atoms with E-state index in [1.807, 2.05) is 36.2 Å². The molecule has 0 amide bonds. The Kier molecular flexibility index (Phi) is 14.2. The molecule has 2 saturated carbocycles. The number of ether oxygens (including phenoxy) is 2. The Morgan fingerprint density at radius 1 is 1.08 bits per heavy atom. The maximum Gasteiger partial charge on any atom is 0.316 e. The number of carbonyl (C=O) groups excluding carboxylic acids is 1. The van der Waals surface area contributed by atoms with Crippen LogP contribution in [0.3, 0.4) is 0 Å². The van der Waals surface area contributed by atoms with Crippen LogP contribution in [0.15, 0.2) is 66.7 Å². The number of hydrogen-bond donors (Lipinski definition) is 1. The molecule has 206 valence electrons. The SMILES string of the molecule is C=C1CC(OC(=O)C2(c3ccccc3)CCCCCC2)C1CC[NH3+].CBr.CCCOc1ccc(C#N)cc1. The van der Waals surface area contributed by atoms with Gasteiger partial charge in [0.05, 0.1) is 30.2 Å². The van der Waals surface area contributed by atoms with Gasteiger partial charge in [-0.25, -0.2) is 0 Å². The molecule has 2 fully saturated rings. The van der Waals surface area contributed by atoms with Gasteiger partial charge in [-0.2, -0.15) is 5.26 Å². The van der Waals surface area contributed by atoms with E-state index in [-0.39, 0.29) is 12.1 Å². The Morgan fingerprint density at radius 2 is 1.71 bits per heavy atom. The Bertz CT molecular complexity index is 1010. The summed E-state index contributed by atoms with van der Waals surface area (Å²) in [6.07, 6.45) is 9.24. The van der Waals surface area contributed by atoms with Gasteiger partial charge in [0.15, 0.2) is 0 Å². The highest BCUT2D eigenvalue weighted by atomic mass is 79.9. The Balaban J connectivity index is 0.000000305. The summed E-state index contributed by atoms with van der Waals surface area (Å²) in [4.78, 5) is 13.3. The number of alkyl halides is 1. The van der Waals surface area contributed by atoms with Gasteiger partial charge in [-0.05, 0) is 54.9 Å². The van der Waals surface area contributed by atoms with Crippen LogP contribution in [-0.2, 0) is 14.9 Å². The second-order valence-corrected chi connectivity index (χ2v) is 9.90. The lowest BCUT2D eigenvalue weighted by molar-refractivity contribution is -0.371. The predicted octanol–water partition coefficient (Wildman–Crippen LogP) is 6.76. The third-order valence-electron chi connectivity index (χ3n) is 7.34. The number of benzene rings is 2. The average molecular weight is 585 g/mol. The van der Waals surface area contributed by atoms with E-state index < -0.39 is 5.41 Å². The smallest absolute Gasteiger partial charge is 0.316 e. The van der Waals surface area contributed by atoms with E-state index in [9.17, 15) is 4.79 Å². The van der Waals surface area contributed by atoms with Crippen molar-refractivity contribution in [2.45, 2.75) is 76.2 Å². The van der Waals surface area contributed by atoms with E-state index in [1.165, 1.54) is 18.4 Å². The molecule has 2 unspecified atom stereocenters. The minimum absolute atomic E-state index is 0.00981. The second kappa shape index (κ2) is 17.1. The molecule has 38 heavy (non-hydrogen) atoms. The van der Waals surface area contributed by atoms with Gasteiger partial charge in [-0.3, -0.25) is 4.79 Å². The second-order valence-electron chi connectivity index (χ2n) is 9.90. The molecule has 2 aliphatic rings. The number of nitrogens with zero attached hydrogens (tertiary/aromatic N) is 1. The highest BCUT2D eigenvalue weighted by Crippen LogP contribution is 2.43. The van der Waals surface area contributed by atoms with Gasteiger partial charge in [0, 0.05) is 18.8 Å². The molecule has 5 nitrogen and oxygen atoms in total. The van der Waals surface area contributed by atoms with Gasteiger partial charge >= 0.3 is 5.97 Å². The first-order valence-corrected chi connectivity index (χ1v) is 15.4. The van der Waals surface area contributed by atoms with Crippen molar-refractivity contribution in [3.63, 3.8) is 0 Å². The van der Waals surface area contributed by atoms with E-state index in [2.05, 4.69) is 53.4 Å². The van der Waals surface area contributed by atoms with Crippen LogP contribution in [0, 0.1) is 17.2 Å². The van der Waals surface area contributed by atoms with E-state index in [1.54, 1.807) is 12.1 Å². The summed E-state index contributed by atoms with van der Waals surface area (Å²) < 4.78 is 11.4. The standard InChI is InChI=1S/C21H29NO2.C10H11NO.CH3Br/c1-16-15-19(18(16)11-14-22)24-20(23)21(12-7-2-3-8-13-21)17-9-5-4-6-10-17;1-2-7-12-10-5-3-9(8-11)4-6-10;1-2/h4-6,9-10,18-19H,1-3,7-8,11-15,22H2;3-6H,2,7H2,1H3;1H3/p+1. The lowest BCUT2D eigenvalue weighted by Crippen LogP contribution is -2.53. The van der Waals surface area contributed by atoms with Crippen LogP contribution in [0.25, 0.3) is 0 Å². The molecular formula is C32H44BrN2O3+. The van der Waals surface area contributed by atoms with Crippen LogP contribution in [-0.4, -0.2) is 31.1 Å². The van der Waals surface area contributed by atoms with Gasteiger partial charge in [-0.15, -0.1) is 0 Å². The van der Waals surface area contributed by atoms with Crippen molar-refractivity contribution in [1.29, 1.82) is 5.26 Å². The quantitative estimate of drug-likeness (QED) is 0.161. The fourth-order valence-corrected chi connectivity index (χ4v) is 5.18. The first-order chi connectivity index (χ1) is 18.5. The number of halogens is 1. The first-order valence-electron chi connectivity index (χ1n) is 13.8. The molecule has 0 heterocycles. The highest BCUT2D eigenvalue weighted by molar-refractivity contribution is 9.08. The monoisotopic (exact) mass is 583 g/mol. The minimum Gasteiger partial charge on any atom is -0.494 e. The topological polar surface area (TPSA) is 87.0 Å². The lowest BCUT2D eigenvalue weighted by atomic mass is 9.72. The lowest BCUT2D eigenvalue weighted by Gasteiger charge is -2.41. The Hall–Kier alpha value is -2.62. The van der Waals surface area contributed by atoms with Crippen LogP contribution < -0.4 is 10.5 Å². The zero-order chi connectivity index (χ0) is 27.8. The largest absolute Gasteiger partial charge is 0.494 e. The number of nitriles is 1. The van der Waals surface area contributed by atoms with Crippen molar-refractivity contribution in [1.82, 2.24) is 0 Å². The zero-order valence-electron chi connectivity index (χ0n) is 23.1. The van der Waals surface area contributed by atoms with Gasteiger partial charge in [0.2, 0.25) is 0 Å². The van der Waals surface area contributed by atoms with Crippen molar-refractivity contribution < 1.29 is 20.0 Å². The molecule has 2 aromatic rings. The van der Waals surface area contributed by atoms with Crippen LogP contribution >= 0.6 is 15.9 Å². The highest BCUT2D eigenvalue weighted by Gasteiger charge is 2.45. The van der Waals surface area contributed by atoms with Crippen molar-refractivity contribution in [3.8, 4) is 11.8 Å². The van der Waals surface area contributed by atoms with Crippen molar-refractivity contribution >= 4 is 21.9 Å². The third kappa shape index (κ3) is 8.71. The fourth-order valence-electron chi connectivity index (χ4n) is 5.18. The summed E-state index contributed by atoms with van der Waals surface area (Å²) in [6, 6.07) is 19.5. The van der Waals surface area contributed by atoms with Crippen molar-refractivity contribution in [2.24, 2.45) is 5.92 Å². The van der Waals surface area contributed by atoms with Crippen molar-refractivity contribution in [2.75, 3.05) is 19.0 Å². The molecule has 0 aromatic heterocycles. The van der Waals surface area contributed by atoms with Gasteiger partial charge in [-0.1, -0.05) is 91.0 Å². The Labute approximate surface area is 237 Å². The van der Waals surface area contributed by atoms with Crippen LogP contribution in [0.4, 0.5) is 0 Å². The van der Waals surface area contributed by atoms with Crippen LogP contribution in [0.2, 0.25) is 0 Å². The van der Waals surface area contributed by atoms with Gasteiger partial charge in [0.25, 0.3) is 0 Å². The van der Waals surface area contributed by atoms with E-state index in [4.69, 9.17) is 14.7 Å². The molecule has 2 aromatic carbocycles. The maximum atomic E-state index is 13.3. The summed E-state index contributed by atoms with van der Waals surface area (Å²) in [5.74, 6) is 2.94. The van der Waals surface area contributed by atoms with Crippen molar-refractivity contribution in [3.05, 3.63) is 77.9 Å². The maximum absolute atomic E-state index is 13.3. The molecule has 0 saturated heterocycles. The van der Waals surface area contributed by atoms with Gasteiger partial charge < -0.3 is 15.2 Å². The van der Waals surface area contributed by atoms with Crippen LogP contribution in [0.5, 0.6) is 5.75 Å². The van der Waals surface area contributed by atoms with Gasteiger partial charge in [0.1, 0.15) is 11.9 Å². The molecule has 0 aliphatic heterocycles. The molecular weight excluding hydrogens is 540 g/mol. The summed E-state index contributed by atoms with van der Waals surface area (Å²) in [5.41, 5.74) is 6.49. The molecule has 2 aliphatic carbocycles. The average Bonchev–Trinajstić information content (AvgIpc) is 3.24. The zero-order valence-corrected chi connectivity index (χ0v) is 24.7. The summed E-state index contributed by atoms with van der Waals surface area (Å²) in [7, 11) is 0. The molecule has 3 N–H and O–H groups in total. The van der Waals surface area contributed by atoms with E-state index in [0.29, 0.717) is 11.5 Å². The predicted molar refractivity (Wildman–Crippen MR) is 157 cm³/mol. The summed E-state index contributed by atoms with van der Waals surface area (Å²) >= 11 is 2.94. The Morgan fingerprint density at radius 3 is 2.24 bits per heavy atom. The number of rotatable bonds is 8. The number of hydrogen-bond acceptors (Lipinski definition) is 4. The normalized spacial score (nSPS) is 19.6. The molecule has 0 spiro atoms. The van der Waals surface area contributed by atoms with E-state index in [0.717, 1.165) is 69.4 Å². The molecule has 6 heteroatoms. The molecule has 0 bridgehead atoms. The summed E-state index contributed by atoms with van der Waals surface area (Å²) in [6.45, 7) is 7.75. The number of esters is 1. The first kappa shape index (κ1) is 31.6. The minimum atomic E-state index is -0.455. The molecule has 0 radical (unpaired) electrons. The third-order valence-corrected chi connectivity index (χ3v) is 7.34. The molecule has 4 rings (SSSR count). The fraction of sp³-hybridized carbons (Fsp3) is 0.500. The number of carbonyl (C=O) groups is 1. The molecule has 2 atom stereocenters. The van der Waals surface area contributed by atoms with E-state index >= 15 is 0 Å². The summed E-state index contributed by atoms with van der Waals surface area (Å²) in [5, 5.41) is 8.51.